The minimum Gasteiger partial charge on any atom is -0.334 e. The Kier molecular flexibility index (Phi) is 5.71. The van der Waals surface area contributed by atoms with Crippen molar-refractivity contribution < 1.29 is 9.59 Å². The van der Waals surface area contributed by atoms with Crippen molar-refractivity contribution in [2.45, 2.75) is 19.5 Å². The molecule has 4 nitrogen and oxygen atoms in total. The van der Waals surface area contributed by atoms with Crippen LogP contribution in [0.25, 0.3) is 0 Å². The number of hydrogen-bond acceptors (Lipinski definition) is 2. The average Bonchev–Trinajstić information content (AvgIpc) is 3.16. The Balaban J connectivity index is 1.53. The molecule has 1 fully saturated rings. The highest BCUT2D eigenvalue weighted by atomic mass is 16.2. The van der Waals surface area contributed by atoms with Gasteiger partial charge in [-0.3, -0.25) is 9.59 Å². The first kappa shape index (κ1) is 18.9. The lowest BCUT2D eigenvalue weighted by Crippen LogP contribution is -2.36. The minimum absolute atomic E-state index is 0.00826. The van der Waals surface area contributed by atoms with Crippen molar-refractivity contribution in [1.29, 1.82) is 0 Å². The molecule has 0 bridgehead atoms. The van der Waals surface area contributed by atoms with E-state index in [1.54, 1.807) is 4.90 Å². The Hall–Kier alpha value is -3.40. The van der Waals surface area contributed by atoms with Crippen molar-refractivity contribution in [2.75, 3.05) is 11.4 Å². The molecular weight excluding hydrogens is 360 g/mol. The van der Waals surface area contributed by atoms with Gasteiger partial charge in [0.05, 0.1) is 5.92 Å². The molecule has 4 rings (SSSR count). The second-order valence-corrected chi connectivity index (χ2v) is 7.41. The second kappa shape index (κ2) is 8.74. The summed E-state index contributed by atoms with van der Waals surface area (Å²) >= 11 is 0. The second-order valence-electron chi connectivity index (χ2n) is 7.41. The maximum Gasteiger partial charge on any atom is 0.228 e. The van der Waals surface area contributed by atoms with Crippen molar-refractivity contribution >= 4 is 17.5 Å². The zero-order valence-electron chi connectivity index (χ0n) is 16.3. The molecule has 0 spiro atoms. The summed E-state index contributed by atoms with van der Waals surface area (Å²) in [5.74, 6) is -0.284. The number of para-hydroxylation sites is 1. The van der Waals surface area contributed by atoms with Crippen molar-refractivity contribution in [3.8, 4) is 0 Å². The molecule has 2 amide bonds. The van der Waals surface area contributed by atoms with Crippen LogP contribution in [0.1, 0.15) is 17.5 Å². The summed E-state index contributed by atoms with van der Waals surface area (Å²) in [6.07, 6.45) is 0.258. The molecule has 0 aromatic heterocycles. The number of hydrogen-bond donors (Lipinski definition) is 0. The molecule has 0 N–H and O–H groups in total. The van der Waals surface area contributed by atoms with E-state index >= 15 is 0 Å². The first-order chi connectivity index (χ1) is 14.2. The molecule has 0 aliphatic carbocycles. The van der Waals surface area contributed by atoms with Crippen molar-refractivity contribution in [1.82, 2.24) is 4.90 Å². The molecule has 1 atom stereocenters. The topological polar surface area (TPSA) is 40.6 Å². The number of rotatable bonds is 6. The predicted octanol–water partition coefficient (Wildman–Crippen LogP) is 4.27. The Labute approximate surface area is 171 Å². The van der Waals surface area contributed by atoms with Gasteiger partial charge in [-0.1, -0.05) is 78.9 Å². The van der Waals surface area contributed by atoms with Gasteiger partial charge in [-0.25, -0.2) is 0 Å². The third-order valence-corrected chi connectivity index (χ3v) is 5.29. The van der Waals surface area contributed by atoms with Gasteiger partial charge in [0.15, 0.2) is 0 Å². The zero-order chi connectivity index (χ0) is 20.1. The third kappa shape index (κ3) is 4.54. The lowest BCUT2D eigenvalue weighted by atomic mass is 10.1. The van der Waals surface area contributed by atoms with Crippen LogP contribution < -0.4 is 4.90 Å². The average molecular weight is 384 g/mol. The van der Waals surface area contributed by atoms with Gasteiger partial charge in [-0.05, 0) is 23.3 Å². The zero-order valence-corrected chi connectivity index (χ0v) is 16.3. The van der Waals surface area contributed by atoms with E-state index in [1.807, 2.05) is 95.9 Å². The molecular formula is C25H24N2O2. The number of benzene rings is 3. The molecule has 29 heavy (non-hydrogen) atoms. The SMILES string of the molecule is O=C([C@H]1CC(=O)N(c2ccccc2)C1)N(Cc1ccccc1)Cc1ccccc1. The van der Waals surface area contributed by atoms with Crippen molar-refractivity contribution in [3.05, 3.63) is 102 Å². The smallest absolute Gasteiger partial charge is 0.228 e. The molecule has 146 valence electrons. The predicted molar refractivity (Wildman–Crippen MR) is 114 cm³/mol. The van der Waals surface area contributed by atoms with Gasteiger partial charge in [0.25, 0.3) is 0 Å². The van der Waals surface area contributed by atoms with E-state index in [4.69, 9.17) is 0 Å². The van der Waals surface area contributed by atoms with Gasteiger partial charge in [-0.2, -0.15) is 0 Å². The van der Waals surface area contributed by atoms with Crippen LogP contribution in [0.5, 0.6) is 0 Å². The van der Waals surface area contributed by atoms with Crippen LogP contribution in [-0.2, 0) is 22.7 Å². The van der Waals surface area contributed by atoms with Crippen LogP contribution in [0.15, 0.2) is 91.0 Å². The highest BCUT2D eigenvalue weighted by molar-refractivity contribution is 6.00. The summed E-state index contributed by atoms with van der Waals surface area (Å²) in [5, 5.41) is 0. The van der Waals surface area contributed by atoms with Crippen LogP contribution in [-0.4, -0.2) is 23.3 Å². The fourth-order valence-corrected chi connectivity index (χ4v) is 3.81. The lowest BCUT2D eigenvalue weighted by Gasteiger charge is -2.26. The van der Waals surface area contributed by atoms with E-state index in [2.05, 4.69) is 0 Å². The Morgan fingerprint density at radius 1 is 0.793 bits per heavy atom. The van der Waals surface area contributed by atoms with E-state index in [1.165, 1.54) is 0 Å². The maximum atomic E-state index is 13.4. The third-order valence-electron chi connectivity index (χ3n) is 5.29. The minimum atomic E-state index is -0.324. The van der Waals surface area contributed by atoms with Crippen LogP contribution in [0.2, 0.25) is 0 Å². The number of carbonyl (C=O) groups excluding carboxylic acids is 2. The highest BCUT2D eigenvalue weighted by Crippen LogP contribution is 2.27. The molecule has 0 unspecified atom stereocenters. The first-order valence-corrected chi connectivity index (χ1v) is 9.93. The number of amides is 2. The molecule has 0 saturated carbocycles. The van der Waals surface area contributed by atoms with Gasteiger partial charge in [-0.15, -0.1) is 0 Å². The molecule has 4 heteroatoms. The highest BCUT2D eigenvalue weighted by Gasteiger charge is 2.37. The van der Waals surface area contributed by atoms with E-state index in [0.29, 0.717) is 19.6 Å². The Morgan fingerprint density at radius 2 is 1.28 bits per heavy atom. The van der Waals surface area contributed by atoms with E-state index in [0.717, 1.165) is 16.8 Å². The summed E-state index contributed by atoms with van der Waals surface area (Å²) in [5.41, 5.74) is 3.02. The van der Waals surface area contributed by atoms with Gasteiger partial charge in [0.1, 0.15) is 0 Å². The van der Waals surface area contributed by atoms with E-state index in [9.17, 15) is 9.59 Å². The van der Waals surface area contributed by atoms with Crippen LogP contribution in [0.3, 0.4) is 0 Å². The number of anilines is 1. The van der Waals surface area contributed by atoms with E-state index < -0.39 is 0 Å². The molecule has 1 aliphatic rings. The van der Waals surface area contributed by atoms with Gasteiger partial charge < -0.3 is 9.80 Å². The monoisotopic (exact) mass is 384 g/mol. The quantitative estimate of drug-likeness (QED) is 0.637. The molecule has 0 radical (unpaired) electrons. The van der Waals surface area contributed by atoms with Crippen molar-refractivity contribution in [3.63, 3.8) is 0 Å². The number of nitrogens with zero attached hydrogens (tertiary/aromatic N) is 2. The Bertz CT molecular complexity index is 916. The fraction of sp³-hybridized carbons (Fsp3) is 0.200. The maximum absolute atomic E-state index is 13.4. The number of carbonyl (C=O) groups is 2. The van der Waals surface area contributed by atoms with Crippen LogP contribution >= 0.6 is 0 Å². The van der Waals surface area contributed by atoms with Crippen molar-refractivity contribution in [2.24, 2.45) is 5.92 Å². The summed E-state index contributed by atoms with van der Waals surface area (Å²) in [7, 11) is 0. The van der Waals surface area contributed by atoms with Gasteiger partial charge in [0, 0.05) is 31.7 Å². The standard InChI is InChI=1S/C25H24N2O2/c28-24-16-22(19-27(24)23-14-8-3-9-15-23)25(29)26(17-20-10-4-1-5-11-20)18-21-12-6-2-7-13-21/h1-15,22H,16-19H2/t22-/m0/s1. The lowest BCUT2D eigenvalue weighted by molar-refractivity contribution is -0.137. The van der Waals surface area contributed by atoms with Crippen LogP contribution in [0.4, 0.5) is 5.69 Å². The normalized spacial score (nSPS) is 16.1. The fourth-order valence-electron chi connectivity index (χ4n) is 3.81. The van der Waals surface area contributed by atoms with Crippen LogP contribution in [0, 0.1) is 5.92 Å². The largest absolute Gasteiger partial charge is 0.334 e. The summed E-state index contributed by atoms with van der Waals surface area (Å²) in [6.45, 7) is 1.50. The molecule has 3 aromatic carbocycles. The first-order valence-electron chi connectivity index (χ1n) is 9.93. The van der Waals surface area contributed by atoms with Gasteiger partial charge in [0.2, 0.25) is 11.8 Å². The summed E-state index contributed by atoms with van der Waals surface area (Å²) in [6, 6.07) is 29.6. The summed E-state index contributed by atoms with van der Waals surface area (Å²) in [4.78, 5) is 29.6. The molecule has 3 aromatic rings. The van der Waals surface area contributed by atoms with E-state index in [-0.39, 0.29) is 24.2 Å². The Morgan fingerprint density at radius 3 is 1.79 bits per heavy atom. The summed E-state index contributed by atoms with van der Waals surface area (Å²) < 4.78 is 0. The molecule has 1 heterocycles. The molecule has 1 aliphatic heterocycles. The van der Waals surface area contributed by atoms with Gasteiger partial charge >= 0.3 is 0 Å². The molecule has 1 saturated heterocycles.